The molecule has 0 unspecified atom stereocenters. The van der Waals surface area contributed by atoms with Crippen LogP contribution in [0.15, 0.2) is 71.6 Å². The molecular formula is C24H22N2O3S2. The SMILES string of the molecule is COc1ccc(C(=O)N(Cc2ccccc2)c2nc3ccc(SC)cc3s2)cc1OC. The number of anilines is 1. The molecule has 158 valence electrons. The number of hydrogen-bond acceptors (Lipinski definition) is 6. The average Bonchev–Trinajstić information content (AvgIpc) is 3.25. The first-order valence-corrected chi connectivity index (χ1v) is 11.7. The molecule has 0 N–H and O–H groups in total. The van der Waals surface area contributed by atoms with E-state index in [4.69, 9.17) is 14.5 Å². The molecular weight excluding hydrogens is 428 g/mol. The topological polar surface area (TPSA) is 51.7 Å². The Morgan fingerprint density at radius 3 is 2.48 bits per heavy atom. The van der Waals surface area contributed by atoms with Crippen molar-refractivity contribution in [2.75, 3.05) is 25.4 Å². The average molecular weight is 451 g/mol. The molecule has 3 aromatic carbocycles. The van der Waals surface area contributed by atoms with E-state index in [1.165, 1.54) is 16.2 Å². The van der Waals surface area contributed by atoms with Gasteiger partial charge in [0.05, 0.1) is 31.0 Å². The van der Waals surface area contributed by atoms with Crippen molar-refractivity contribution in [3.05, 3.63) is 77.9 Å². The van der Waals surface area contributed by atoms with E-state index in [2.05, 4.69) is 6.07 Å². The lowest BCUT2D eigenvalue weighted by molar-refractivity contribution is 0.0984. The van der Waals surface area contributed by atoms with Crippen LogP contribution in [0.1, 0.15) is 15.9 Å². The molecule has 0 atom stereocenters. The highest BCUT2D eigenvalue weighted by Gasteiger charge is 2.23. The van der Waals surface area contributed by atoms with Crippen LogP contribution in [0.4, 0.5) is 5.13 Å². The first-order chi connectivity index (χ1) is 15.1. The number of nitrogens with zero attached hydrogens (tertiary/aromatic N) is 2. The predicted molar refractivity (Wildman–Crippen MR) is 128 cm³/mol. The fraction of sp³-hybridized carbons (Fsp3) is 0.167. The summed E-state index contributed by atoms with van der Waals surface area (Å²) in [5, 5.41) is 0.664. The molecule has 5 nitrogen and oxygen atoms in total. The van der Waals surface area contributed by atoms with Gasteiger partial charge in [-0.05, 0) is 48.2 Å². The number of benzene rings is 3. The highest BCUT2D eigenvalue weighted by atomic mass is 32.2. The molecule has 0 spiro atoms. The van der Waals surface area contributed by atoms with Crippen LogP contribution >= 0.6 is 23.1 Å². The molecule has 0 aliphatic carbocycles. The van der Waals surface area contributed by atoms with Gasteiger partial charge in [-0.2, -0.15) is 0 Å². The van der Waals surface area contributed by atoms with E-state index in [1.54, 1.807) is 49.1 Å². The van der Waals surface area contributed by atoms with E-state index in [9.17, 15) is 4.79 Å². The third-order valence-corrected chi connectivity index (χ3v) is 6.64. The van der Waals surface area contributed by atoms with Gasteiger partial charge in [0.1, 0.15) is 0 Å². The second-order valence-corrected chi connectivity index (χ2v) is 8.67. The molecule has 1 aromatic heterocycles. The fourth-order valence-corrected chi connectivity index (χ4v) is 4.77. The van der Waals surface area contributed by atoms with Gasteiger partial charge in [0, 0.05) is 10.5 Å². The standard InChI is InChI=1S/C24H22N2O3S2/c1-28-20-12-9-17(13-21(20)29-2)23(27)26(15-16-7-5-4-6-8-16)24-25-19-11-10-18(30-3)14-22(19)31-24/h4-14H,15H2,1-3H3. The third-order valence-electron chi connectivity index (χ3n) is 4.87. The zero-order valence-electron chi connectivity index (χ0n) is 17.5. The van der Waals surface area contributed by atoms with Gasteiger partial charge in [-0.3, -0.25) is 9.69 Å². The Kier molecular flexibility index (Phi) is 6.44. The molecule has 4 aromatic rings. The van der Waals surface area contributed by atoms with Crippen LogP contribution in [0.25, 0.3) is 10.2 Å². The number of aromatic nitrogens is 1. The van der Waals surface area contributed by atoms with Crippen molar-refractivity contribution in [3.8, 4) is 11.5 Å². The zero-order valence-corrected chi connectivity index (χ0v) is 19.1. The number of carbonyl (C=O) groups is 1. The summed E-state index contributed by atoms with van der Waals surface area (Å²) >= 11 is 3.21. The molecule has 0 radical (unpaired) electrons. The maximum Gasteiger partial charge on any atom is 0.260 e. The summed E-state index contributed by atoms with van der Waals surface area (Å²) in [4.78, 5) is 21.3. The molecule has 0 saturated heterocycles. The Morgan fingerprint density at radius 2 is 1.77 bits per heavy atom. The molecule has 0 saturated carbocycles. The summed E-state index contributed by atoms with van der Waals surface area (Å²) in [6, 6.07) is 21.3. The lowest BCUT2D eigenvalue weighted by Gasteiger charge is -2.21. The smallest absolute Gasteiger partial charge is 0.260 e. The summed E-state index contributed by atoms with van der Waals surface area (Å²) in [6.07, 6.45) is 2.05. The molecule has 0 aliphatic rings. The minimum Gasteiger partial charge on any atom is -0.493 e. The van der Waals surface area contributed by atoms with E-state index in [1.807, 2.05) is 48.7 Å². The second kappa shape index (κ2) is 9.41. The monoisotopic (exact) mass is 450 g/mol. The highest BCUT2D eigenvalue weighted by Crippen LogP contribution is 2.34. The van der Waals surface area contributed by atoms with Gasteiger partial charge in [0.15, 0.2) is 16.6 Å². The van der Waals surface area contributed by atoms with Gasteiger partial charge < -0.3 is 9.47 Å². The summed E-state index contributed by atoms with van der Waals surface area (Å²) in [6.45, 7) is 0.420. The van der Waals surface area contributed by atoms with Crippen LogP contribution in [-0.4, -0.2) is 31.4 Å². The summed E-state index contributed by atoms with van der Waals surface area (Å²) in [5.41, 5.74) is 2.42. The summed E-state index contributed by atoms with van der Waals surface area (Å²) in [5.74, 6) is 0.953. The van der Waals surface area contributed by atoms with Crippen molar-refractivity contribution >= 4 is 44.4 Å². The van der Waals surface area contributed by atoms with Crippen LogP contribution in [-0.2, 0) is 6.54 Å². The van der Waals surface area contributed by atoms with E-state index in [-0.39, 0.29) is 5.91 Å². The number of thiazole rings is 1. The lowest BCUT2D eigenvalue weighted by atomic mass is 10.1. The van der Waals surface area contributed by atoms with E-state index in [0.717, 1.165) is 15.8 Å². The van der Waals surface area contributed by atoms with Gasteiger partial charge in [-0.1, -0.05) is 41.7 Å². The van der Waals surface area contributed by atoms with Gasteiger partial charge in [0.2, 0.25) is 0 Å². The Bertz CT molecular complexity index is 1210. The molecule has 31 heavy (non-hydrogen) atoms. The quantitative estimate of drug-likeness (QED) is 0.329. The van der Waals surface area contributed by atoms with Crippen molar-refractivity contribution in [1.29, 1.82) is 0 Å². The van der Waals surface area contributed by atoms with E-state index in [0.29, 0.717) is 28.7 Å². The third kappa shape index (κ3) is 4.52. The van der Waals surface area contributed by atoms with E-state index >= 15 is 0 Å². The molecule has 0 fully saturated rings. The minimum absolute atomic E-state index is 0.144. The van der Waals surface area contributed by atoms with Crippen LogP contribution in [0.5, 0.6) is 11.5 Å². The maximum absolute atomic E-state index is 13.6. The van der Waals surface area contributed by atoms with Gasteiger partial charge in [-0.15, -0.1) is 11.8 Å². The first kappa shape index (κ1) is 21.2. The summed E-state index contributed by atoms with van der Waals surface area (Å²) < 4.78 is 11.8. The van der Waals surface area contributed by atoms with Crippen LogP contribution in [0.2, 0.25) is 0 Å². The van der Waals surface area contributed by atoms with Crippen molar-refractivity contribution in [2.24, 2.45) is 0 Å². The Hall–Kier alpha value is -3.03. The predicted octanol–water partition coefficient (Wildman–Crippen LogP) is 5.88. The first-order valence-electron chi connectivity index (χ1n) is 9.65. The summed E-state index contributed by atoms with van der Waals surface area (Å²) in [7, 11) is 3.13. The number of rotatable bonds is 7. The Morgan fingerprint density at radius 1 is 1.00 bits per heavy atom. The Balaban J connectivity index is 1.76. The zero-order chi connectivity index (χ0) is 21.8. The molecule has 1 amide bonds. The number of amides is 1. The minimum atomic E-state index is -0.144. The van der Waals surface area contributed by atoms with Crippen molar-refractivity contribution in [2.45, 2.75) is 11.4 Å². The van der Waals surface area contributed by atoms with Crippen LogP contribution in [0, 0.1) is 0 Å². The van der Waals surface area contributed by atoms with Gasteiger partial charge in [-0.25, -0.2) is 4.98 Å². The number of thioether (sulfide) groups is 1. The molecule has 0 aliphatic heterocycles. The van der Waals surface area contributed by atoms with Crippen molar-refractivity contribution in [1.82, 2.24) is 4.98 Å². The van der Waals surface area contributed by atoms with Crippen LogP contribution in [0.3, 0.4) is 0 Å². The number of hydrogen-bond donors (Lipinski definition) is 0. The number of fused-ring (bicyclic) bond motifs is 1. The number of methoxy groups -OCH3 is 2. The maximum atomic E-state index is 13.6. The van der Waals surface area contributed by atoms with Crippen molar-refractivity contribution < 1.29 is 14.3 Å². The largest absolute Gasteiger partial charge is 0.493 e. The van der Waals surface area contributed by atoms with Crippen LogP contribution < -0.4 is 14.4 Å². The molecule has 4 rings (SSSR count). The van der Waals surface area contributed by atoms with Gasteiger partial charge in [0.25, 0.3) is 5.91 Å². The van der Waals surface area contributed by atoms with E-state index < -0.39 is 0 Å². The van der Waals surface area contributed by atoms with Crippen molar-refractivity contribution in [3.63, 3.8) is 0 Å². The molecule has 7 heteroatoms. The van der Waals surface area contributed by atoms with Gasteiger partial charge >= 0.3 is 0 Å². The number of ether oxygens (including phenoxy) is 2. The molecule has 0 bridgehead atoms. The Labute approximate surface area is 189 Å². The molecule has 1 heterocycles. The fourth-order valence-electron chi connectivity index (χ4n) is 3.25. The number of carbonyl (C=O) groups excluding carboxylic acids is 1. The normalized spacial score (nSPS) is 10.8. The second-order valence-electron chi connectivity index (χ2n) is 6.78. The highest BCUT2D eigenvalue weighted by molar-refractivity contribution is 7.98. The lowest BCUT2D eigenvalue weighted by Crippen LogP contribution is -2.30.